The van der Waals surface area contributed by atoms with Crippen LogP contribution in [0.5, 0.6) is 0 Å². The Balaban J connectivity index is 3.04. The van der Waals surface area contributed by atoms with Crippen LogP contribution in [0, 0.1) is 6.92 Å². The van der Waals surface area contributed by atoms with Gasteiger partial charge in [0, 0.05) is 17.4 Å². The first kappa shape index (κ1) is 14.1. The largest absolute Gasteiger partial charge is 0.465 e. The van der Waals surface area contributed by atoms with Gasteiger partial charge in [0.25, 0.3) is 0 Å². The summed E-state index contributed by atoms with van der Waals surface area (Å²) in [6.07, 6.45) is 2.69. The number of nitrogens with one attached hydrogen (secondary N) is 1. The van der Waals surface area contributed by atoms with Gasteiger partial charge in [-0.05, 0) is 38.0 Å². The van der Waals surface area contributed by atoms with Gasteiger partial charge in [0.1, 0.15) is 0 Å². The zero-order valence-corrected chi connectivity index (χ0v) is 11.1. The third kappa shape index (κ3) is 3.26. The molecule has 1 aromatic carbocycles. The summed E-state index contributed by atoms with van der Waals surface area (Å²) in [5, 5.41) is 3.30. The number of carbonyl (C=O) groups excluding carboxylic acids is 1. The summed E-state index contributed by atoms with van der Waals surface area (Å²) in [4.78, 5) is 11.6. The highest BCUT2D eigenvalue weighted by molar-refractivity contribution is 5.97. The first-order valence-electron chi connectivity index (χ1n) is 5.85. The van der Waals surface area contributed by atoms with E-state index in [0.29, 0.717) is 11.3 Å². The van der Waals surface area contributed by atoms with Crippen molar-refractivity contribution < 1.29 is 9.53 Å². The van der Waals surface area contributed by atoms with Crippen LogP contribution >= 0.6 is 0 Å². The molecule has 0 saturated carbocycles. The maximum atomic E-state index is 11.6. The molecule has 0 amide bonds. The molecule has 0 saturated heterocycles. The molecule has 0 aromatic heterocycles. The third-order valence-corrected chi connectivity index (χ3v) is 2.73. The molecule has 0 aliphatic heterocycles. The van der Waals surface area contributed by atoms with Crippen LogP contribution in [-0.2, 0) is 4.74 Å². The fourth-order valence-electron chi connectivity index (χ4n) is 1.75. The molecule has 0 aliphatic carbocycles. The number of carbonyl (C=O) groups is 1. The van der Waals surface area contributed by atoms with E-state index < -0.39 is 5.97 Å². The second-order valence-corrected chi connectivity index (χ2v) is 4.32. The highest BCUT2D eigenvalue weighted by atomic mass is 16.5. The molecule has 1 aromatic rings. The predicted octanol–water partition coefficient (Wildman–Crippen LogP) is 2.74. The second kappa shape index (κ2) is 6.10. The quantitative estimate of drug-likeness (QED) is 0.478. The fraction of sp³-hybridized carbons (Fsp3) is 0.357. The van der Waals surface area contributed by atoms with Crippen LogP contribution in [0.2, 0.25) is 0 Å². The van der Waals surface area contributed by atoms with E-state index in [1.54, 1.807) is 6.07 Å². The molecule has 98 valence electrons. The lowest BCUT2D eigenvalue weighted by Gasteiger charge is -2.16. The van der Waals surface area contributed by atoms with Gasteiger partial charge < -0.3 is 15.8 Å². The number of rotatable bonds is 5. The number of methoxy groups -OCH3 is 1. The van der Waals surface area contributed by atoms with Gasteiger partial charge in [-0.2, -0.15) is 0 Å². The van der Waals surface area contributed by atoms with Crippen molar-refractivity contribution in [3.05, 3.63) is 35.9 Å². The molecule has 0 bridgehead atoms. The van der Waals surface area contributed by atoms with E-state index in [9.17, 15) is 4.79 Å². The maximum absolute atomic E-state index is 11.6. The number of nitrogens with two attached hydrogens (primary N) is 1. The van der Waals surface area contributed by atoms with E-state index in [1.807, 2.05) is 26.0 Å². The molecular weight excluding hydrogens is 228 g/mol. The summed E-state index contributed by atoms with van der Waals surface area (Å²) in [5.41, 5.74) is 8.44. The lowest BCUT2D eigenvalue weighted by Crippen LogP contribution is -2.15. The number of benzene rings is 1. The normalized spacial score (nSPS) is 11.7. The lowest BCUT2D eigenvalue weighted by molar-refractivity contribution is 0.0602. The standard InChI is InChI=1S/C14H20N2O2/c1-5-6-10(3)16-11-7-9(2)13(15)12(8-11)14(17)18-4/h5,7-8,10,16H,1,6,15H2,2-4H3. The summed E-state index contributed by atoms with van der Waals surface area (Å²) in [6.45, 7) is 7.61. The Hall–Kier alpha value is -1.97. The van der Waals surface area contributed by atoms with Gasteiger partial charge in [0.2, 0.25) is 0 Å². The van der Waals surface area contributed by atoms with E-state index in [1.165, 1.54) is 7.11 Å². The van der Waals surface area contributed by atoms with Crippen LogP contribution in [0.1, 0.15) is 29.3 Å². The fourth-order valence-corrected chi connectivity index (χ4v) is 1.75. The smallest absolute Gasteiger partial charge is 0.340 e. The molecule has 1 atom stereocenters. The first-order valence-corrected chi connectivity index (χ1v) is 5.85. The van der Waals surface area contributed by atoms with Crippen LogP contribution in [0.15, 0.2) is 24.8 Å². The monoisotopic (exact) mass is 248 g/mol. The zero-order chi connectivity index (χ0) is 13.7. The minimum atomic E-state index is -0.421. The van der Waals surface area contributed by atoms with Crippen molar-refractivity contribution in [3.63, 3.8) is 0 Å². The Morgan fingerprint density at radius 2 is 2.28 bits per heavy atom. The van der Waals surface area contributed by atoms with Crippen molar-refractivity contribution >= 4 is 17.3 Å². The van der Waals surface area contributed by atoms with Crippen molar-refractivity contribution in [2.45, 2.75) is 26.3 Å². The summed E-state index contributed by atoms with van der Waals surface area (Å²) < 4.78 is 4.72. The van der Waals surface area contributed by atoms with Crippen LogP contribution < -0.4 is 11.1 Å². The second-order valence-electron chi connectivity index (χ2n) is 4.32. The average molecular weight is 248 g/mol. The average Bonchev–Trinajstić information content (AvgIpc) is 2.32. The highest BCUT2D eigenvalue weighted by Gasteiger charge is 2.14. The molecule has 0 fully saturated rings. The minimum absolute atomic E-state index is 0.246. The number of hydrogen-bond acceptors (Lipinski definition) is 4. The minimum Gasteiger partial charge on any atom is -0.465 e. The van der Waals surface area contributed by atoms with Gasteiger partial charge in [0.05, 0.1) is 12.7 Å². The van der Waals surface area contributed by atoms with E-state index >= 15 is 0 Å². The molecule has 18 heavy (non-hydrogen) atoms. The molecule has 0 heterocycles. The molecule has 3 N–H and O–H groups in total. The molecule has 0 spiro atoms. The Morgan fingerprint density at radius 3 is 2.83 bits per heavy atom. The van der Waals surface area contributed by atoms with Crippen molar-refractivity contribution in [2.24, 2.45) is 0 Å². The zero-order valence-electron chi connectivity index (χ0n) is 11.1. The first-order chi connectivity index (χ1) is 8.49. The molecular formula is C14H20N2O2. The van der Waals surface area contributed by atoms with Crippen LogP contribution in [0.25, 0.3) is 0 Å². The summed E-state index contributed by atoms with van der Waals surface area (Å²) in [6, 6.07) is 3.88. The topological polar surface area (TPSA) is 64.3 Å². The Labute approximate surface area is 108 Å². The van der Waals surface area contributed by atoms with Crippen LogP contribution in [0.3, 0.4) is 0 Å². The van der Waals surface area contributed by atoms with Crippen molar-refractivity contribution in [1.82, 2.24) is 0 Å². The third-order valence-electron chi connectivity index (χ3n) is 2.73. The van der Waals surface area contributed by atoms with Gasteiger partial charge in [-0.25, -0.2) is 4.79 Å². The molecule has 0 aliphatic rings. The summed E-state index contributed by atoms with van der Waals surface area (Å²) in [5.74, 6) is -0.421. The molecule has 4 nitrogen and oxygen atoms in total. The number of anilines is 2. The van der Waals surface area contributed by atoms with Crippen molar-refractivity contribution in [3.8, 4) is 0 Å². The number of nitrogen functional groups attached to an aromatic ring is 1. The number of ether oxygens (including phenoxy) is 1. The predicted molar refractivity (Wildman–Crippen MR) is 74.8 cm³/mol. The molecule has 1 unspecified atom stereocenters. The summed E-state index contributed by atoms with van der Waals surface area (Å²) >= 11 is 0. The van der Waals surface area contributed by atoms with Gasteiger partial charge in [0.15, 0.2) is 0 Å². The summed E-state index contributed by atoms with van der Waals surface area (Å²) in [7, 11) is 1.34. The van der Waals surface area contributed by atoms with Gasteiger partial charge >= 0.3 is 5.97 Å². The Morgan fingerprint density at radius 1 is 1.61 bits per heavy atom. The van der Waals surface area contributed by atoms with E-state index in [4.69, 9.17) is 10.5 Å². The van der Waals surface area contributed by atoms with Gasteiger partial charge in [-0.3, -0.25) is 0 Å². The Kier molecular flexibility index (Phi) is 4.77. The lowest BCUT2D eigenvalue weighted by atomic mass is 10.1. The van der Waals surface area contributed by atoms with E-state index in [-0.39, 0.29) is 6.04 Å². The van der Waals surface area contributed by atoms with E-state index in [2.05, 4.69) is 11.9 Å². The van der Waals surface area contributed by atoms with E-state index in [0.717, 1.165) is 17.7 Å². The number of esters is 1. The number of hydrogen-bond donors (Lipinski definition) is 2. The van der Waals surface area contributed by atoms with Crippen molar-refractivity contribution in [2.75, 3.05) is 18.2 Å². The van der Waals surface area contributed by atoms with Crippen LogP contribution in [-0.4, -0.2) is 19.1 Å². The SMILES string of the molecule is C=CCC(C)Nc1cc(C)c(N)c(C(=O)OC)c1. The number of aryl methyl sites for hydroxylation is 1. The van der Waals surface area contributed by atoms with Gasteiger partial charge in [-0.1, -0.05) is 6.08 Å². The maximum Gasteiger partial charge on any atom is 0.340 e. The van der Waals surface area contributed by atoms with Crippen LogP contribution in [0.4, 0.5) is 11.4 Å². The molecule has 1 rings (SSSR count). The Bertz CT molecular complexity index is 455. The molecule has 0 radical (unpaired) electrons. The van der Waals surface area contributed by atoms with Gasteiger partial charge in [-0.15, -0.1) is 6.58 Å². The molecule has 4 heteroatoms. The van der Waals surface area contributed by atoms with Crippen molar-refractivity contribution in [1.29, 1.82) is 0 Å². The highest BCUT2D eigenvalue weighted by Crippen LogP contribution is 2.24.